The van der Waals surface area contributed by atoms with Crippen LogP contribution in [-0.4, -0.2) is 5.91 Å². The van der Waals surface area contributed by atoms with Gasteiger partial charge in [-0.2, -0.15) is 0 Å². The average Bonchev–Trinajstić information content (AvgIpc) is 2.19. The molecule has 88 valence electrons. The lowest BCUT2D eigenvalue weighted by Gasteiger charge is -2.22. The van der Waals surface area contributed by atoms with Gasteiger partial charge in [0.05, 0.1) is 5.02 Å². The molecular formula is C12H15BrClNO. The third kappa shape index (κ3) is 2.77. The molecule has 0 spiro atoms. The quantitative estimate of drug-likeness (QED) is 0.913. The van der Waals surface area contributed by atoms with Crippen molar-refractivity contribution in [2.45, 2.75) is 27.2 Å². The predicted octanol–water partition coefficient (Wildman–Crippen LogP) is 3.46. The molecule has 0 fully saturated rings. The molecule has 2 nitrogen and oxygen atoms in total. The number of halogens is 2. The number of hydrogen-bond donors (Lipinski definition) is 1. The number of nitrogens with two attached hydrogens (primary N) is 1. The summed E-state index contributed by atoms with van der Waals surface area (Å²) in [5, 5.41) is 0.692. The van der Waals surface area contributed by atoms with Crippen LogP contribution < -0.4 is 5.73 Å². The summed E-state index contributed by atoms with van der Waals surface area (Å²) in [6, 6.07) is 3.86. The highest BCUT2D eigenvalue weighted by atomic mass is 79.9. The zero-order chi connectivity index (χ0) is 12.5. The Labute approximate surface area is 109 Å². The zero-order valence-electron chi connectivity index (χ0n) is 9.60. The highest BCUT2D eigenvalue weighted by Gasteiger charge is 2.26. The predicted molar refractivity (Wildman–Crippen MR) is 70.6 cm³/mol. The second-order valence-corrected chi connectivity index (χ2v) is 5.80. The van der Waals surface area contributed by atoms with Gasteiger partial charge in [0, 0.05) is 9.89 Å². The van der Waals surface area contributed by atoms with Crippen molar-refractivity contribution >= 4 is 33.4 Å². The fourth-order valence-electron chi connectivity index (χ4n) is 1.45. The van der Waals surface area contributed by atoms with Crippen LogP contribution in [0.4, 0.5) is 0 Å². The first-order chi connectivity index (χ1) is 7.25. The molecule has 2 N–H and O–H groups in total. The highest BCUT2D eigenvalue weighted by Crippen LogP contribution is 2.31. The first kappa shape index (κ1) is 13.5. The van der Waals surface area contributed by atoms with E-state index in [-0.39, 0.29) is 5.91 Å². The van der Waals surface area contributed by atoms with E-state index in [2.05, 4.69) is 15.9 Å². The number of amides is 1. The molecule has 1 amide bonds. The topological polar surface area (TPSA) is 43.1 Å². The van der Waals surface area contributed by atoms with E-state index in [4.69, 9.17) is 17.3 Å². The third-order valence-electron chi connectivity index (χ3n) is 2.75. The molecule has 0 heterocycles. The molecule has 0 aliphatic rings. The summed E-state index contributed by atoms with van der Waals surface area (Å²) in [7, 11) is 0. The van der Waals surface area contributed by atoms with Crippen molar-refractivity contribution in [1.82, 2.24) is 0 Å². The molecule has 0 unspecified atom stereocenters. The highest BCUT2D eigenvalue weighted by molar-refractivity contribution is 9.10. The number of hydrogen-bond acceptors (Lipinski definition) is 1. The summed E-state index contributed by atoms with van der Waals surface area (Å²) in [5.74, 6) is -0.300. The van der Waals surface area contributed by atoms with Crippen LogP contribution in [0.15, 0.2) is 16.6 Å². The molecule has 0 aliphatic heterocycles. The van der Waals surface area contributed by atoms with Crippen molar-refractivity contribution < 1.29 is 4.79 Å². The third-order valence-corrected chi connectivity index (χ3v) is 4.13. The van der Waals surface area contributed by atoms with Crippen LogP contribution in [0.25, 0.3) is 0 Å². The summed E-state index contributed by atoms with van der Waals surface area (Å²) < 4.78 is 0.868. The summed E-state index contributed by atoms with van der Waals surface area (Å²) in [5.41, 5.74) is 6.85. The lowest BCUT2D eigenvalue weighted by Crippen LogP contribution is -2.33. The fourth-order valence-corrected chi connectivity index (χ4v) is 2.06. The van der Waals surface area contributed by atoms with E-state index >= 15 is 0 Å². The van der Waals surface area contributed by atoms with Gasteiger partial charge in [0.1, 0.15) is 0 Å². The Kier molecular flexibility index (Phi) is 4.02. The van der Waals surface area contributed by atoms with E-state index in [1.54, 1.807) is 0 Å². The molecule has 0 atom stereocenters. The molecule has 0 saturated heterocycles. The largest absolute Gasteiger partial charge is 0.369 e. The Morgan fingerprint density at radius 1 is 1.50 bits per heavy atom. The summed E-state index contributed by atoms with van der Waals surface area (Å²) in [4.78, 5) is 11.3. The smallest absolute Gasteiger partial charge is 0.223 e. The molecule has 1 aromatic carbocycles. The fraction of sp³-hybridized carbons (Fsp3) is 0.417. The summed E-state index contributed by atoms with van der Waals surface area (Å²) in [6.45, 7) is 5.62. The van der Waals surface area contributed by atoms with Crippen LogP contribution in [-0.2, 0) is 11.2 Å². The van der Waals surface area contributed by atoms with E-state index in [1.807, 2.05) is 32.9 Å². The minimum Gasteiger partial charge on any atom is -0.369 e. The summed E-state index contributed by atoms with van der Waals surface area (Å²) >= 11 is 9.49. The van der Waals surface area contributed by atoms with Gasteiger partial charge in [0.15, 0.2) is 0 Å². The van der Waals surface area contributed by atoms with Gasteiger partial charge in [-0.1, -0.05) is 31.5 Å². The van der Waals surface area contributed by atoms with Crippen molar-refractivity contribution in [3.05, 3.63) is 32.8 Å². The van der Waals surface area contributed by atoms with Crippen molar-refractivity contribution in [2.75, 3.05) is 0 Å². The van der Waals surface area contributed by atoms with Gasteiger partial charge in [-0.15, -0.1) is 0 Å². The standard InChI is InChI=1S/C12H15BrClNO/c1-7-8(4-5-9(13)10(7)14)6-12(2,3)11(15)16/h4-5H,6H2,1-3H3,(H2,15,16). The van der Waals surface area contributed by atoms with E-state index in [9.17, 15) is 4.79 Å². The van der Waals surface area contributed by atoms with Gasteiger partial charge in [-0.05, 0) is 46.5 Å². The molecule has 1 rings (SSSR count). The Balaban J connectivity index is 3.08. The number of benzene rings is 1. The molecule has 1 aromatic rings. The van der Waals surface area contributed by atoms with Gasteiger partial charge in [0.2, 0.25) is 5.91 Å². The van der Waals surface area contributed by atoms with Crippen LogP contribution in [0.1, 0.15) is 25.0 Å². The minimum atomic E-state index is -0.554. The van der Waals surface area contributed by atoms with Crippen molar-refractivity contribution in [2.24, 2.45) is 11.1 Å². The first-order valence-corrected chi connectivity index (χ1v) is 6.16. The monoisotopic (exact) mass is 303 g/mol. The molecule has 0 radical (unpaired) electrons. The normalized spacial score (nSPS) is 11.6. The van der Waals surface area contributed by atoms with Gasteiger partial charge in [-0.3, -0.25) is 4.79 Å². The lowest BCUT2D eigenvalue weighted by molar-refractivity contribution is -0.125. The maximum absolute atomic E-state index is 11.3. The maximum Gasteiger partial charge on any atom is 0.223 e. The first-order valence-electron chi connectivity index (χ1n) is 4.99. The Bertz CT molecular complexity index is 429. The van der Waals surface area contributed by atoms with Crippen molar-refractivity contribution in [3.8, 4) is 0 Å². The van der Waals surface area contributed by atoms with Crippen molar-refractivity contribution in [1.29, 1.82) is 0 Å². The number of carbonyl (C=O) groups excluding carboxylic acids is 1. The molecular weight excluding hydrogens is 289 g/mol. The second kappa shape index (κ2) is 4.76. The molecule has 0 aliphatic carbocycles. The minimum absolute atomic E-state index is 0.300. The SMILES string of the molecule is Cc1c(CC(C)(C)C(N)=O)ccc(Br)c1Cl. The van der Waals surface area contributed by atoms with Crippen LogP contribution in [0.2, 0.25) is 5.02 Å². The van der Waals surface area contributed by atoms with Crippen LogP contribution in [0.5, 0.6) is 0 Å². The number of rotatable bonds is 3. The van der Waals surface area contributed by atoms with Crippen molar-refractivity contribution in [3.63, 3.8) is 0 Å². The van der Waals surface area contributed by atoms with Gasteiger partial charge in [0.25, 0.3) is 0 Å². The van der Waals surface area contributed by atoms with Gasteiger partial charge < -0.3 is 5.73 Å². The second-order valence-electron chi connectivity index (χ2n) is 4.57. The van der Waals surface area contributed by atoms with E-state index in [1.165, 1.54) is 0 Å². The van der Waals surface area contributed by atoms with Gasteiger partial charge >= 0.3 is 0 Å². The zero-order valence-corrected chi connectivity index (χ0v) is 11.9. The molecule has 4 heteroatoms. The lowest BCUT2D eigenvalue weighted by atomic mass is 9.84. The average molecular weight is 305 g/mol. The Hall–Kier alpha value is -0.540. The number of carbonyl (C=O) groups is 1. The number of primary amides is 1. The van der Waals surface area contributed by atoms with Crippen LogP contribution in [0.3, 0.4) is 0 Å². The molecule has 0 saturated carbocycles. The molecule has 16 heavy (non-hydrogen) atoms. The van der Waals surface area contributed by atoms with E-state index in [0.717, 1.165) is 15.6 Å². The van der Waals surface area contributed by atoms with Crippen LogP contribution >= 0.6 is 27.5 Å². The molecule has 0 aromatic heterocycles. The van der Waals surface area contributed by atoms with E-state index < -0.39 is 5.41 Å². The Morgan fingerprint density at radius 3 is 2.56 bits per heavy atom. The summed E-state index contributed by atoms with van der Waals surface area (Å²) in [6.07, 6.45) is 0.598. The Morgan fingerprint density at radius 2 is 2.06 bits per heavy atom. The van der Waals surface area contributed by atoms with Crippen LogP contribution in [0, 0.1) is 12.3 Å². The van der Waals surface area contributed by atoms with E-state index in [0.29, 0.717) is 11.4 Å². The van der Waals surface area contributed by atoms with Gasteiger partial charge in [-0.25, -0.2) is 0 Å². The molecule has 0 bridgehead atoms. The maximum atomic E-state index is 11.3.